The highest BCUT2D eigenvalue weighted by Crippen LogP contribution is 2.22. The van der Waals surface area contributed by atoms with Crippen LogP contribution in [-0.2, 0) is 6.42 Å². The van der Waals surface area contributed by atoms with Crippen LogP contribution in [0.15, 0.2) is 53.0 Å². The number of rotatable bonds is 6. The van der Waals surface area contributed by atoms with Crippen LogP contribution in [0.5, 0.6) is 0 Å². The number of hydrogen-bond donors (Lipinski definition) is 1. The molecule has 0 fully saturated rings. The van der Waals surface area contributed by atoms with E-state index >= 15 is 0 Å². The van der Waals surface area contributed by atoms with Crippen LogP contribution in [0.2, 0.25) is 0 Å². The van der Waals surface area contributed by atoms with Crippen LogP contribution >= 0.6 is 15.9 Å². The van der Waals surface area contributed by atoms with E-state index in [2.05, 4.69) is 34.2 Å². The second-order valence-electron chi connectivity index (χ2n) is 4.87. The zero-order valence-electron chi connectivity index (χ0n) is 11.8. The van der Waals surface area contributed by atoms with E-state index in [1.54, 1.807) is 12.1 Å². The third kappa shape index (κ3) is 4.37. The lowest BCUT2D eigenvalue weighted by molar-refractivity contribution is -0.384. The van der Waals surface area contributed by atoms with Crippen LogP contribution in [0.3, 0.4) is 0 Å². The lowest BCUT2D eigenvalue weighted by Crippen LogP contribution is -2.21. The highest BCUT2D eigenvalue weighted by atomic mass is 79.9. The minimum absolute atomic E-state index is 0.133. The summed E-state index contributed by atoms with van der Waals surface area (Å²) in [6, 6.07) is 15.1. The molecule has 0 bridgehead atoms. The molecular weight excluding hydrogens is 332 g/mol. The number of hydrogen-bond acceptors (Lipinski definition) is 3. The fraction of sp³-hybridized carbons (Fsp3) is 0.250. The molecule has 0 heterocycles. The Morgan fingerprint density at radius 3 is 2.48 bits per heavy atom. The van der Waals surface area contributed by atoms with Crippen LogP contribution in [0, 0.1) is 10.1 Å². The van der Waals surface area contributed by atoms with Crippen molar-refractivity contribution in [2.24, 2.45) is 0 Å². The minimum Gasteiger partial charge on any atom is -0.310 e. The van der Waals surface area contributed by atoms with Gasteiger partial charge in [0.25, 0.3) is 5.69 Å². The third-order valence-electron chi connectivity index (χ3n) is 3.38. The molecule has 0 amide bonds. The standard InChI is InChI=1S/C16H17BrN2O2/c1-12(15-4-2-3-5-16(15)17)18-11-10-13-6-8-14(9-7-13)19(20)21/h2-9,12,18H,10-11H2,1H3/t12-/m1/s1. The number of nitro benzene ring substituents is 1. The van der Waals surface area contributed by atoms with Gasteiger partial charge >= 0.3 is 0 Å². The molecule has 110 valence electrons. The maximum atomic E-state index is 10.6. The van der Waals surface area contributed by atoms with E-state index in [1.807, 2.05) is 30.3 Å². The summed E-state index contributed by atoms with van der Waals surface area (Å²) in [4.78, 5) is 10.2. The second-order valence-corrected chi connectivity index (χ2v) is 5.73. The fourth-order valence-electron chi connectivity index (χ4n) is 2.15. The molecule has 0 spiro atoms. The maximum Gasteiger partial charge on any atom is 0.269 e. The summed E-state index contributed by atoms with van der Waals surface area (Å²) in [6.45, 7) is 2.94. The first kappa shape index (κ1) is 15.7. The predicted molar refractivity (Wildman–Crippen MR) is 87.4 cm³/mol. The van der Waals surface area contributed by atoms with Gasteiger partial charge in [-0.2, -0.15) is 0 Å². The summed E-state index contributed by atoms with van der Waals surface area (Å²) < 4.78 is 1.10. The minimum atomic E-state index is -0.378. The number of halogens is 1. The van der Waals surface area contributed by atoms with Crippen molar-refractivity contribution in [2.45, 2.75) is 19.4 Å². The molecule has 1 atom stereocenters. The van der Waals surface area contributed by atoms with Gasteiger partial charge in [0.05, 0.1) is 4.92 Å². The Morgan fingerprint density at radius 1 is 1.19 bits per heavy atom. The highest BCUT2D eigenvalue weighted by Gasteiger charge is 2.08. The molecule has 2 rings (SSSR count). The fourth-order valence-corrected chi connectivity index (χ4v) is 2.78. The first-order chi connectivity index (χ1) is 10.1. The second kappa shape index (κ2) is 7.33. The maximum absolute atomic E-state index is 10.6. The van der Waals surface area contributed by atoms with Crippen LogP contribution in [-0.4, -0.2) is 11.5 Å². The SMILES string of the molecule is C[C@@H](NCCc1ccc([N+](=O)[O-])cc1)c1ccccc1Br. The molecule has 2 aromatic carbocycles. The van der Waals surface area contributed by atoms with Crippen molar-refractivity contribution in [3.63, 3.8) is 0 Å². The summed E-state index contributed by atoms with van der Waals surface area (Å²) >= 11 is 3.55. The van der Waals surface area contributed by atoms with Gasteiger partial charge in [0.1, 0.15) is 0 Å². The van der Waals surface area contributed by atoms with Crippen LogP contribution < -0.4 is 5.32 Å². The van der Waals surface area contributed by atoms with E-state index in [0.717, 1.165) is 23.0 Å². The molecule has 0 saturated heterocycles. The average molecular weight is 349 g/mol. The Kier molecular flexibility index (Phi) is 5.47. The molecule has 0 unspecified atom stereocenters. The largest absolute Gasteiger partial charge is 0.310 e. The van der Waals surface area contributed by atoms with Gasteiger partial charge in [-0.15, -0.1) is 0 Å². The van der Waals surface area contributed by atoms with E-state index in [4.69, 9.17) is 0 Å². The number of nitro groups is 1. The molecule has 0 aliphatic rings. The Morgan fingerprint density at radius 2 is 1.86 bits per heavy atom. The Balaban J connectivity index is 1.86. The molecule has 4 nitrogen and oxygen atoms in total. The summed E-state index contributed by atoms with van der Waals surface area (Å²) in [7, 11) is 0. The monoisotopic (exact) mass is 348 g/mol. The van der Waals surface area contributed by atoms with Crippen LogP contribution in [0.25, 0.3) is 0 Å². The molecule has 0 saturated carbocycles. The van der Waals surface area contributed by atoms with Crippen LogP contribution in [0.1, 0.15) is 24.1 Å². The van der Waals surface area contributed by atoms with Gasteiger partial charge in [-0.1, -0.05) is 46.3 Å². The van der Waals surface area contributed by atoms with Gasteiger partial charge in [-0.3, -0.25) is 10.1 Å². The molecule has 0 aliphatic carbocycles. The molecule has 21 heavy (non-hydrogen) atoms. The van der Waals surface area contributed by atoms with Crippen molar-refractivity contribution >= 4 is 21.6 Å². The van der Waals surface area contributed by atoms with E-state index in [9.17, 15) is 10.1 Å². The van der Waals surface area contributed by atoms with Gasteiger partial charge in [0.15, 0.2) is 0 Å². The smallest absolute Gasteiger partial charge is 0.269 e. The first-order valence-corrected chi connectivity index (χ1v) is 7.58. The van der Waals surface area contributed by atoms with Gasteiger partial charge in [0.2, 0.25) is 0 Å². The topological polar surface area (TPSA) is 55.2 Å². The van der Waals surface area contributed by atoms with Gasteiger partial charge in [0, 0.05) is 22.6 Å². The Hall–Kier alpha value is -1.72. The number of nitrogens with zero attached hydrogens (tertiary/aromatic N) is 1. The summed E-state index contributed by atoms with van der Waals surface area (Å²) in [5, 5.41) is 14.1. The quantitative estimate of drug-likeness (QED) is 0.627. The number of non-ortho nitro benzene ring substituents is 1. The zero-order valence-corrected chi connectivity index (χ0v) is 13.3. The first-order valence-electron chi connectivity index (χ1n) is 6.79. The summed E-state index contributed by atoms with van der Waals surface area (Å²) in [5.74, 6) is 0. The normalized spacial score (nSPS) is 12.1. The molecule has 5 heteroatoms. The molecule has 2 aromatic rings. The van der Waals surface area contributed by atoms with Crippen molar-refractivity contribution in [1.29, 1.82) is 0 Å². The third-order valence-corrected chi connectivity index (χ3v) is 4.11. The van der Waals surface area contributed by atoms with Gasteiger partial charge in [-0.05, 0) is 37.1 Å². The Labute approximate surface area is 132 Å². The number of nitrogens with one attached hydrogen (secondary N) is 1. The van der Waals surface area contributed by atoms with Gasteiger partial charge < -0.3 is 5.32 Å². The highest BCUT2D eigenvalue weighted by molar-refractivity contribution is 9.10. The van der Waals surface area contributed by atoms with Crippen molar-refractivity contribution in [3.05, 3.63) is 74.2 Å². The lowest BCUT2D eigenvalue weighted by Gasteiger charge is -2.15. The Bertz CT molecular complexity index is 614. The van der Waals surface area contributed by atoms with Crippen molar-refractivity contribution in [3.8, 4) is 0 Å². The molecule has 0 radical (unpaired) electrons. The predicted octanol–water partition coefficient (Wildman–Crippen LogP) is 4.25. The summed E-state index contributed by atoms with van der Waals surface area (Å²) in [6.07, 6.45) is 0.840. The molecule has 1 N–H and O–H groups in total. The van der Waals surface area contributed by atoms with Gasteiger partial charge in [-0.25, -0.2) is 0 Å². The summed E-state index contributed by atoms with van der Waals surface area (Å²) in [5.41, 5.74) is 2.45. The van der Waals surface area contributed by atoms with E-state index in [0.29, 0.717) is 0 Å². The lowest BCUT2D eigenvalue weighted by atomic mass is 10.1. The van der Waals surface area contributed by atoms with E-state index < -0.39 is 0 Å². The molecule has 0 aliphatic heterocycles. The van der Waals surface area contributed by atoms with E-state index in [1.165, 1.54) is 5.56 Å². The zero-order chi connectivity index (χ0) is 15.2. The van der Waals surface area contributed by atoms with Crippen molar-refractivity contribution < 1.29 is 4.92 Å². The molecular formula is C16H17BrN2O2. The molecule has 0 aromatic heterocycles. The number of benzene rings is 2. The average Bonchev–Trinajstić information content (AvgIpc) is 2.48. The van der Waals surface area contributed by atoms with Crippen molar-refractivity contribution in [2.75, 3.05) is 6.54 Å². The van der Waals surface area contributed by atoms with Crippen LogP contribution in [0.4, 0.5) is 5.69 Å². The van der Waals surface area contributed by atoms with Crippen molar-refractivity contribution in [1.82, 2.24) is 5.32 Å². The van der Waals surface area contributed by atoms with E-state index in [-0.39, 0.29) is 16.7 Å².